The van der Waals surface area contributed by atoms with Gasteiger partial charge in [-0.05, 0) is 49.8 Å². The molecule has 0 amide bonds. The van der Waals surface area contributed by atoms with E-state index in [0.29, 0.717) is 0 Å². The standard InChI is InChI=1S/C13H21N/c1-5-12(14-4)9-11-8-7-10(3)13(11)6-2/h5-6,9-10,14H,7-8H2,1-4H3/b11-9-,12-5+,13-6-. The van der Waals surface area contributed by atoms with Crippen molar-refractivity contribution in [2.24, 2.45) is 5.92 Å². The summed E-state index contributed by atoms with van der Waals surface area (Å²) in [6, 6.07) is 0. The minimum Gasteiger partial charge on any atom is -0.388 e. The SMILES string of the molecule is C\C=C1/C(=C\C(=C/C)NC)CCC1C. The van der Waals surface area contributed by atoms with Crippen LogP contribution in [-0.4, -0.2) is 7.05 Å². The van der Waals surface area contributed by atoms with E-state index < -0.39 is 0 Å². The monoisotopic (exact) mass is 191 g/mol. The molecule has 1 atom stereocenters. The molecule has 1 nitrogen and oxygen atoms in total. The van der Waals surface area contributed by atoms with Crippen LogP contribution >= 0.6 is 0 Å². The number of hydrogen-bond acceptors (Lipinski definition) is 1. The molecule has 0 saturated heterocycles. The molecule has 0 aromatic heterocycles. The van der Waals surface area contributed by atoms with E-state index in [1.54, 1.807) is 0 Å². The minimum absolute atomic E-state index is 0.737. The quantitative estimate of drug-likeness (QED) is 0.705. The summed E-state index contributed by atoms with van der Waals surface area (Å²) in [6.45, 7) is 6.52. The van der Waals surface area contributed by atoms with Gasteiger partial charge in [0.25, 0.3) is 0 Å². The van der Waals surface area contributed by atoms with Crippen molar-refractivity contribution >= 4 is 0 Å². The van der Waals surface area contributed by atoms with Gasteiger partial charge in [-0.15, -0.1) is 0 Å². The van der Waals surface area contributed by atoms with Crippen molar-refractivity contribution in [2.45, 2.75) is 33.6 Å². The van der Waals surface area contributed by atoms with E-state index >= 15 is 0 Å². The molecule has 1 fully saturated rings. The van der Waals surface area contributed by atoms with Crippen molar-refractivity contribution in [1.82, 2.24) is 5.32 Å². The van der Waals surface area contributed by atoms with Gasteiger partial charge in [-0.2, -0.15) is 0 Å². The average molecular weight is 191 g/mol. The Bertz CT molecular complexity index is 282. The van der Waals surface area contributed by atoms with E-state index in [0.717, 1.165) is 5.92 Å². The van der Waals surface area contributed by atoms with E-state index in [9.17, 15) is 0 Å². The summed E-state index contributed by atoms with van der Waals surface area (Å²) in [5.41, 5.74) is 4.25. The molecule has 1 rings (SSSR count). The first kappa shape index (κ1) is 11.1. The molecule has 0 spiro atoms. The van der Waals surface area contributed by atoms with Crippen molar-refractivity contribution < 1.29 is 0 Å². The van der Waals surface area contributed by atoms with Crippen molar-refractivity contribution in [3.8, 4) is 0 Å². The number of nitrogens with one attached hydrogen (secondary N) is 1. The Kier molecular flexibility index (Phi) is 3.99. The van der Waals surface area contributed by atoms with E-state index in [2.05, 4.69) is 44.3 Å². The van der Waals surface area contributed by atoms with Crippen LogP contribution in [0, 0.1) is 5.92 Å². The minimum atomic E-state index is 0.737. The molecule has 0 aliphatic heterocycles. The number of likely N-dealkylation sites (N-methyl/N-ethyl adjacent to an activating group) is 1. The maximum absolute atomic E-state index is 3.20. The van der Waals surface area contributed by atoms with E-state index in [1.807, 2.05) is 7.05 Å². The average Bonchev–Trinajstić information content (AvgIpc) is 2.55. The second-order valence-electron chi connectivity index (χ2n) is 3.85. The summed E-state index contributed by atoms with van der Waals surface area (Å²) in [5.74, 6) is 0.737. The van der Waals surface area contributed by atoms with E-state index in [-0.39, 0.29) is 0 Å². The highest BCUT2D eigenvalue weighted by atomic mass is 14.8. The molecular formula is C13H21N. The van der Waals surface area contributed by atoms with Crippen LogP contribution in [0.3, 0.4) is 0 Å². The molecule has 0 aromatic rings. The molecule has 14 heavy (non-hydrogen) atoms. The Hall–Kier alpha value is -0.980. The molecule has 0 heterocycles. The number of hydrogen-bond donors (Lipinski definition) is 1. The molecule has 78 valence electrons. The number of rotatable bonds is 2. The topological polar surface area (TPSA) is 12.0 Å². The predicted octanol–water partition coefficient (Wildman–Crippen LogP) is 3.41. The smallest absolute Gasteiger partial charge is 0.0297 e. The van der Waals surface area contributed by atoms with Crippen LogP contribution in [0.2, 0.25) is 0 Å². The molecule has 0 aromatic carbocycles. The second kappa shape index (κ2) is 5.04. The molecule has 1 heteroatoms. The van der Waals surface area contributed by atoms with Gasteiger partial charge in [-0.3, -0.25) is 0 Å². The van der Waals surface area contributed by atoms with Gasteiger partial charge >= 0.3 is 0 Å². The van der Waals surface area contributed by atoms with Crippen LogP contribution in [0.25, 0.3) is 0 Å². The van der Waals surface area contributed by atoms with E-state index in [4.69, 9.17) is 0 Å². The zero-order chi connectivity index (χ0) is 10.6. The second-order valence-corrected chi connectivity index (χ2v) is 3.85. The largest absolute Gasteiger partial charge is 0.388 e. The molecule has 0 bridgehead atoms. The van der Waals surface area contributed by atoms with Gasteiger partial charge in [0.05, 0.1) is 0 Å². The summed E-state index contributed by atoms with van der Waals surface area (Å²) in [5, 5.41) is 3.20. The fraction of sp³-hybridized carbons (Fsp3) is 0.538. The van der Waals surface area contributed by atoms with Crippen LogP contribution in [0.4, 0.5) is 0 Å². The molecule has 0 radical (unpaired) electrons. The fourth-order valence-electron chi connectivity index (χ4n) is 2.10. The first-order valence-electron chi connectivity index (χ1n) is 5.44. The normalized spacial score (nSPS) is 28.9. The molecule has 1 aliphatic carbocycles. The third kappa shape index (κ3) is 2.28. The summed E-state index contributed by atoms with van der Waals surface area (Å²) in [7, 11) is 1.97. The lowest BCUT2D eigenvalue weighted by atomic mass is 10.0. The van der Waals surface area contributed by atoms with Gasteiger partial charge in [0.15, 0.2) is 0 Å². The Morgan fingerprint density at radius 1 is 1.43 bits per heavy atom. The van der Waals surface area contributed by atoms with Crippen molar-refractivity contribution in [1.29, 1.82) is 0 Å². The van der Waals surface area contributed by atoms with Crippen molar-refractivity contribution in [2.75, 3.05) is 7.05 Å². The lowest BCUT2D eigenvalue weighted by molar-refractivity contribution is 0.696. The highest BCUT2D eigenvalue weighted by Gasteiger charge is 2.20. The van der Waals surface area contributed by atoms with Gasteiger partial charge in [0.2, 0.25) is 0 Å². The summed E-state index contributed by atoms with van der Waals surface area (Å²) >= 11 is 0. The summed E-state index contributed by atoms with van der Waals surface area (Å²) in [6.07, 6.45) is 9.17. The Labute approximate surface area is 87.6 Å². The third-order valence-electron chi connectivity index (χ3n) is 2.99. The fourth-order valence-corrected chi connectivity index (χ4v) is 2.10. The maximum Gasteiger partial charge on any atom is 0.0297 e. The van der Waals surface area contributed by atoms with Crippen LogP contribution in [0.1, 0.15) is 33.6 Å². The maximum atomic E-state index is 3.20. The van der Waals surface area contributed by atoms with Gasteiger partial charge in [0, 0.05) is 12.7 Å². The molecule has 1 unspecified atom stereocenters. The molecule has 1 N–H and O–H groups in total. The van der Waals surface area contributed by atoms with Gasteiger partial charge in [-0.25, -0.2) is 0 Å². The molecule has 1 aliphatic rings. The van der Waals surface area contributed by atoms with Crippen molar-refractivity contribution in [3.63, 3.8) is 0 Å². The predicted molar refractivity (Wildman–Crippen MR) is 63.1 cm³/mol. The van der Waals surface area contributed by atoms with Gasteiger partial charge < -0.3 is 5.32 Å². The van der Waals surface area contributed by atoms with Crippen LogP contribution < -0.4 is 5.32 Å². The molecular weight excluding hydrogens is 170 g/mol. The summed E-state index contributed by atoms with van der Waals surface area (Å²) in [4.78, 5) is 0. The van der Waals surface area contributed by atoms with Gasteiger partial charge in [-0.1, -0.05) is 19.1 Å². The lowest BCUT2D eigenvalue weighted by Crippen LogP contribution is -2.03. The molecule has 1 saturated carbocycles. The summed E-state index contributed by atoms with van der Waals surface area (Å²) < 4.78 is 0. The third-order valence-corrected chi connectivity index (χ3v) is 2.99. The Morgan fingerprint density at radius 2 is 2.14 bits per heavy atom. The Balaban J connectivity index is 2.88. The zero-order valence-corrected chi connectivity index (χ0v) is 9.72. The first-order valence-corrected chi connectivity index (χ1v) is 5.44. The van der Waals surface area contributed by atoms with Crippen LogP contribution in [0.5, 0.6) is 0 Å². The van der Waals surface area contributed by atoms with Crippen molar-refractivity contribution in [3.05, 3.63) is 35.1 Å². The van der Waals surface area contributed by atoms with Gasteiger partial charge in [0.1, 0.15) is 0 Å². The number of allylic oxidation sites excluding steroid dienone is 5. The first-order chi connectivity index (χ1) is 6.72. The van der Waals surface area contributed by atoms with Crippen LogP contribution in [-0.2, 0) is 0 Å². The van der Waals surface area contributed by atoms with Crippen LogP contribution in [0.15, 0.2) is 35.1 Å². The highest BCUT2D eigenvalue weighted by molar-refractivity contribution is 5.40. The lowest BCUT2D eigenvalue weighted by Gasteiger charge is -2.06. The van der Waals surface area contributed by atoms with E-state index in [1.165, 1.54) is 29.7 Å². The zero-order valence-electron chi connectivity index (χ0n) is 9.72. The Morgan fingerprint density at radius 3 is 2.64 bits per heavy atom. The highest BCUT2D eigenvalue weighted by Crippen LogP contribution is 2.35.